The number of aromatic nitrogens is 2. The van der Waals surface area contributed by atoms with Crippen molar-refractivity contribution in [1.82, 2.24) is 9.97 Å². The molecule has 3 aliphatic rings. The van der Waals surface area contributed by atoms with E-state index in [4.69, 9.17) is 0 Å². The third-order valence-corrected chi connectivity index (χ3v) is 9.43. The fraction of sp³-hybridized carbons (Fsp3) is 0.452. The molecular weight excluding hydrogens is 562 g/mol. The van der Waals surface area contributed by atoms with E-state index < -0.39 is 22.8 Å². The number of hydrogen-bond donors (Lipinski definition) is 1. The molecule has 2 aliphatic carbocycles. The smallest absolute Gasteiger partial charge is 0.304 e. The molecule has 0 radical (unpaired) electrons. The summed E-state index contributed by atoms with van der Waals surface area (Å²) < 4.78 is 30.3. The van der Waals surface area contributed by atoms with Crippen molar-refractivity contribution < 1.29 is 28.3 Å². The van der Waals surface area contributed by atoms with Gasteiger partial charge in [0.2, 0.25) is 16.9 Å². The van der Waals surface area contributed by atoms with Crippen LogP contribution in [0.15, 0.2) is 30.5 Å². The molecule has 1 unspecified atom stereocenters. The summed E-state index contributed by atoms with van der Waals surface area (Å²) >= 11 is 0.724. The van der Waals surface area contributed by atoms with Crippen LogP contribution >= 0.6 is 11.3 Å². The average molecular weight is 595 g/mol. The summed E-state index contributed by atoms with van der Waals surface area (Å²) in [5.74, 6) is -1.79. The maximum atomic E-state index is 15.7. The third kappa shape index (κ3) is 5.66. The van der Waals surface area contributed by atoms with Crippen molar-refractivity contribution in [3.05, 3.63) is 47.0 Å². The molecule has 2 saturated carbocycles. The van der Waals surface area contributed by atoms with Gasteiger partial charge in [0.05, 0.1) is 6.42 Å². The summed E-state index contributed by atoms with van der Waals surface area (Å²) in [7, 11) is 1.67. The first-order chi connectivity index (χ1) is 20.2. The topological polar surface area (TPSA) is 104 Å². The van der Waals surface area contributed by atoms with Gasteiger partial charge in [0.1, 0.15) is 17.3 Å². The van der Waals surface area contributed by atoms with Crippen molar-refractivity contribution in [3.63, 3.8) is 0 Å². The molecule has 0 spiro atoms. The monoisotopic (exact) mass is 594 g/mol. The van der Waals surface area contributed by atoms with E-state index >= 15 is 4.39 Å². The number of anilines is 2. The first-order valence-electron chi connectivity index (χ1n) is 14.5. The first kappa shape index (κ1) is 28.4. The van der Waals surface area contributed by atoms with Gasteiger partial charge in [-0.3, -0.25) is 24.2 Å². The van der Waals surface area contributed by atoms with E-state index in [0.29, 0.717) is 42.1 Å². The molecule has 2 aromatic heterocycles. The molecule has 220 valence electrons. The molecule has 1 aromatic carbocycles. The normalized spacial score (nSPS) is 17.8. The lowest BCUT2D eigenvalue weighted by Crippen LogP contribution is -2.39. The molecule has 6 rings (SSSR count). The standard InChI is InChI=1S/C31H32F2N4O4S/c1-36-25(38)11-6-18-13-20(16-34-29(18)36)23-10-7-21(32)15-24(23)27-28(33)42-31(35-27)37(22-8-9-22)30(41)19(14-26(39)40)12-17-4-2-3-5-17/h7,10,13,15-17,19,22H,2-6,8-9,11-12,14H2,1H3,(H,39,40). The van der Waals surface area contributed by atoms with Gasteiger partial charge in [-0.1, -0.05) is 43.1 Å². The minimum absolute atomic E-state index is 0.0223. The maximum Gasteiger partial charge on any atom is 0.304 e. The number of fused-ring (bicyclic) bond motifs is 1. The zero-order chi connectivity index (χ0) is 29.5. The molecule has 3 aromatic rings. The highest BCUT2D eigenvalue weighted by Gasteiger charge is 2.40. The van der Waals surface area contributed by atoms with E-state index in [9.17, 15) is 23.9 Å². The Morgan fingerprint density at radius 1 is 1.12 bits per heavy atom. The number of carbonyl (C=O) groups is 3. The lowest BCUT2D eigenvalue weighted by Gasteiger charge is -2.26. The van der Waals surface area contributed by atoms with Crippen LogP contribution in [0.5, 0.6) is 0 Å². The van der Waals surface area contributed by atoms with E-state index in [-0.39, 0.29) is 40.7 Å². The minimum Gasteiger partial charge on any atom is -0.481 e. The zero-order valence-electron chi connectivity index (χ0n) is 23.3. The van der Waals surface area contributed by atoms with Crippen molar-refractivity contribution in [2.75, 3.05) is 16.8 Å². The van der Waals surface area contributed by atoms with Gasteiger partial charge in [0.15, 0.2) is 5.13 Å². The van der Waals surface area contributed by atoms with Crippen molar-refractivity contribution in [2.45, 2.75) is 70.3 Å². The number of rotatable bonds is 9. The second kappa shape index (κ2) is 11.5. The van der Waals surface area contributed by atoms with Crippen molar-refractivity contribution in [1.29, 1.82) is 0 Å². The summed E-state index contributed by atoms with van der Waals surface area (Å²) in [6, 6.07) is 5.79. The Morgan fingerprint density at radius 2 is 1.88 bits per heavy atom. The second-order valence-electron chi connectivity index (χ2n) is 11.6. The predicted octanol–water partition coefficient (Wildman–Crippen LogP) is 6.23. The van der Waals surface area contributed by atoms with Gasteiger partial charge in [-0.2, -0.15) is 4.39 Å². The highest BCUT2D eigenvalue weighted by atomic mass is 32.1. The molecule has 0 saturated heterocycles. The molecule has 11 heteroatoms. The number of hydrogen-bond acceptors (Lipinski definition) is 6. The fourth-order valence-corrected chi connectivity index (χ4v) is 7.17. The van der Waals surface area contributed by atoms with Crippen LogP contribution in [0.25, 0.3) is 22.4 Å². The lowest BCUT2D eigenvalue weighted by molar-refractivity contribution is -0.141. The number of benzene rings is 1. The van der Waals surface area contributed by atoms with Crippen LogP contribution in [0.4, 0.5) is 19.7 Å². The Bertz CT molecular complexity index is 1550. The minimum atomic E-state index is -1.04. The van der Waals surface area contributed by atoms with E-state index in [1.807, 2.05) is 6.07 Å². The average Bonchev–Trinajstić information content (AvgIpc) is 3.51. The summed E-state index contributed by atoms with van der Waals surface area (Å²) in [5.41, 5.74) is 2.18. The summed E-state index contributed by atoms with van der Waals surface area (Å²) in [5, 5.41) is 9.08. The van der Waals surface area contributed by atoms with E-state index in [2.05, 4.69) is 9.97 Å². The number of pyridine rings is 1. The highest BCUT2D eigenvalue weighted by Crippen LogP contribution is 2.43. The van der Waals surface area contributed by atoms with Crippen LogP contribution in [0.1, 0.15) is 63.4 Å². The van der Waals surface area contributed by atoms with Gasteiger partial charge in [0.25, 0.3) is 0 Å². The number of thiazole rings is 1. The summed E-state index contributed by atoms with van der Waals surface area (Å²) in [4.78, 5) is 49.7. The largest absolute Gasteiger partial charge is 0.481 e. The number of carboxylic acids is 1. The maximum absolute atomic E-state index is 15.7. The lowest BCUT2D eigenvalue weighted by atomic mass is 9.90. The Morgan fingerprint density at radius 3 is 2.60 bits per heavy atom. The number of amides is 2. The molecule has 3 heterocycles. The Labute approximate surface area is 246 Å². The van der Waals surface area contributed by atoms with E-state index in [1.54, 1.807) is 19.3 Å². The third-order valence-electron chi connectivity index (χ3n) is 8.58. The number of halogens is 2. The van der Waals surface area contributed by atoms with Crippen LogP contribution in [-0.4, -0.2) is 45.9 Å². The molecular formula is C31H32F2N4O4S. The van der Waals surface area contributed by atoms with Crippen LogP contribution in [0.3, 0.4) is 0 Å². The number of carbonyl (C=O) groups excluding carboxylic acids is 2. The molecule has 42 heavy (non-hydrogen) atoms. The van der Waals surface area contributed by atoms with Crippen LogP contribution in [0.2, 0.25) is 0 Å². The van der Waals surface area contributed by atoms with Crippen LogP contribution in [-0.2, 0) is 20.8 Å². The quantitative estimate of drug-likeness (QED) is 0.315. The molecule has 1 N–H and O–H groups in total. The number of carboxylic acid groups (broad SMARTS) is 1. The van der Waals surface area contributed by atoms with Crippen molar-refractivity contribution in [3.8, 4) is 22.4 Å². The van der Waals surface area contributed by atoms with Gasteiger partial charge in [-0.25, -0.2) is 14.4 Å². The Balaban J connectivity index is 1.35. The molecule has 0 bridgehead atoms. The Hall–Kier alpha value is -3.73. The molecule has 1 atom stereocenters. The first-order valence-corrected chi connectivity index (χ1v) is 15.3. The summed E-state index contributed by atoms with van der Waals surface area (Å²) in [6.45, 7) is 0. The SMILES string of the molecule is CN1C(=O)CCc2cc(-c3ccc(F)cc3-c3nc(N(C(=O)C(CC(=O)O)CC4CCCC4)C4CC4)sc3F)cnc21. The summed E-state index contributed by atoms with van der Waals surface area (Å²) in [6.07, 6.45) is 8.25. The molecule has 2 amide bonds. The molecule has 1 aliphatic heterocycles. The number of aryl methyl sites for hydroxylation is 1. The van der Waals surface area contributed by atoms with E-state index in [0.717, 1.165) is 55.4 Å². The van der Waals surface area contributed by atoms with Crippen molar-refractivity contribution in [2.24, 2.45) is 11.8 Å². The highest BCUT2D eigenvalue weighted by molar-refractivity contribution is 7.14. The van der Waals surface area contributed by atoms with E-state index in [1.165, 1.54) is 21.9 Å². The zero-order valence-corrected chi connectivity index (χ0v) is 24.1. The van der Waals surface area contributed by atoms with Crippen LogP contribution in [0, 0.1) is 22.8 Å². The number of nitrogens with zero attached hydrogens (tertiary/aromatic N) is 4. The molecule has 8 nitrogen and oxygen atoms in total. The predicted molar refractivity (Wildman–Crippen MR) is 155 cm³/mol. The van der Waals surface area contributed by atoms with Gasteiger partial charge in [-0.05, 0) is 60.9 Å². The Kier molecular flexibility index (Phi) is 7.78. The van der Waals surface area contributed by atoms with Gasteiger partial charge in [-0.15, -0.1) is 0 Å². The second-order valence-corrected chi connectivity index (χ2v) is 12.5. The van der Waals surface area contributed by atoms with Gasteiger partial charge < -0.3 is 5.11 Å². The van der Waals surface area contributed by atoms with Crippen LogP contribution < -0.4 is 9.80 Å². The van der Waals surface area contributed by atoms with Gasteiger partial charge in [0, 0.05) is 42.8 Å². The number of aliphatic carboxylic acids is 1. The van der Waals surface area contributed by atoms with Gasteiger partial charge >= 0.3 is 5.97 Å². The fourth-order valence-electron chi connectivity index (χ4n) is 6.28. The molecule has 2 fully saturated rings. The van der Waals surface area contributed by atoms with Crippen molar-refractivity contribution >= 4 is 40.1 Å².